The second-order valence-corrected chi connectivity index (χ2v) is 5.83. The topological polar surface area (TPSA) is 87.7 Å². The Labute approximate surface area is 120 Å². The van der Waals surface area contributed by atoms with Gasteiger partial charge in [0.2, 0.25) is 0 Å². The second-order valence-electron chi connectivity index (χ2n) is 5.83. The Morgan fingerprint density at radius 3 is 2.50 bits per heavy atom. The number of hydrogen-bond acceptors (Lipinski definition) is 3. The number of carbonyl (C=O) groups is 2. The number of ether oxygens (including phenoxy) is 1. The van der Waals surface area contributed by atoms with Crippen molar-refractivity contribution in [3.8, 4) is 0 Å². The number of hydrogen-bond donors (Lipinski definition) is 3. The summed E-state index contributed by atoms with van der Waals surface area (Å²) < 4.78 is 5.23. The van der Waals surface area contributed by atoms with Gasteiger partial charge in [-0.15, -0.1) is 0 Å². The molecule has 1 heterocycles. The predicted molar refractivity (Wildman–Crippen MR) is 75.6 cm³/mol. The van der Waals surface area contributed by atoms with Crippen LogP contribution in [0.4, 0.5) is 4.79 Å². The summed E-state index contributed by atoms with van der Waals surface area (Å²) in [6, 6.07) is -0.0529. The highest BCUT2D eigenvalue weighted by Gasteiger charge is 2.18. The molecule has 0 bridgehead atoms. The molecule has 1 aliphatic rings. The first kappa shape index (κ1) is 16.8. The van der Waals surface area contributed by atoms with Gasteiger partial charge >= 0.3 is 12.0 Å². The molecule has 0 aromatic carbocycles. The molecule has 1 aliphatic heterocycles. The van der Waals surface area contributed by atoms with Crippen LogP contribution in [-0.4, -0.2) is 42.9 Å². The van der Waals surface area contributed by atoms with Crippen LogP contribution in [0.25, 0.3) is 0 Å². The molecule has 6 heteroatoms. The molecule has 0 spiro atoms. The Kier molecular flexibility index (Phi) is 7.36. The number of amides is 2. The Morgan fingerprint density at radius 2 is 1.95 bits per heavy atom. The Bertz CT molecular complexity index is 314. The highest BCUT2D eigenvalue weighted by atomic mass is 16.5. The van der Waals surface area contributed by atoms with Crippen molar-refractivity contribution in [1.29, 1.82) is 0 Å². The number of carboxylic acids is 1. The maximum Gasteiger partial charge on any atom is 0.315 e. The molecular weight excluding hydrogens is 260 g/mol. The van der Waals surface area contributed by atoms with Crippen LogP contribution in [-0.2, 0) is 9.53 Å². The second kappa shape index (κ2) is 8.79. The van der Waals surface area contributed by atoms with Crippen molar-refractivity contribution in [2.45, 2.75) is 45.6 Å². The number of nitrogens with one attached hydrogen (secondary N) is 2. The summed E-state index contributed by atoms with van der Waals surface area (Å²) in [4.78, 5) is 22.6. The van der Waals surface area contributed by atoms with E-state index in [0.717, 1.165) is 19.3 Å². The van der Waals surface area contributed by atoms with Gasteiger partial charge in [-0.1, -0.05) is 13.8 Å². The fraction of sp³-hybridized carbons (Fsp3) is 0.857. The van der Waals surface area contributed by atoms with E-state index >= 15 is 0 Å². The van der Waals surface area contributed by atoms with E-state index in [2.05, 4.69) is 24.5 Å². The predicted octanol–water partition coefficient (Wildman–Crippen LogP) is 1.60. The largest absolute Gasteiger partial charge is 0.481 e. The van der Waals surface area contributed by atoms with Crippen molar-refractivity contribution < 1.29 is 19.4 Å². The van der Waals surface area contributed by atoms with Crippen LogP contribution in [0.3, 0.4) is 0 Å². The van der Waals surface area contributed by atoms with Gasteiger partial charge in [0.05, 0.1) is 0 Å². The molecule has 20 heavy (non-hydrogen) atoms. The summed E-state index contributed by atoms with van der Waals surface area (Å²) in [5.41, 5.74) is 0. The molecule has 116 valence electrons. The van der Waals surface area contributed by atoms with E-state index in [1.165, 1.54) is 0 Å². The molecule has 0 radical (unpaired) electrons. The average molecular weight is 286 g/mol. The SMILES string of the molecule is CC(C)C[C@H](CNC(=O)NC1CCOCC1)CC(=O)O. The summed E-state index contributed by atoms with van der Waals surface area (Å²) >= 11 is 0. The Hall–Kier alpha value is -1.30. The highest BCUT2D eigenvalue weighted by Crippen LogP contribution is 2.14. The third kappa shape index (κ3) is 7.33. The summed E-state index contributed by atoms with van der Waals surface area (Å²) in [5, 5.41) is 14.6. The standard InChI is InChI=1S/C14H26N2O4/c1-10(2)7-11(8-13(17)18)9-15-14(19)16-12-3-5-20-6-4-12/h10-12H,3-9H2,1-2H3,(H,17,18)(H2,15,16,19)/t11-/m0/s1. The van der Waals surface area contributed by atoms with Gasteiger partial charge in [-0.2, -0.15) is 0 Å². The van der Waals surface area contributed by atoms with E-state index in [-0.39, 0.29) is 24.4 Å². The number of carboxylic acid groups (broad SMARTS) is 1. The summed E-state index contributed by atoms with van der Waals surface area (Å²) in [5.74, 6) is -0.421. The zero-order chi connectivity index (χ0) is 15.0. The van der Waals surface area contributed by atoms with Crippen LogP contribution in [0.5, 0.6) is 0 Å². The van der Waals surface area contributed by atoms with Gasteiger partial charge in [0.1, 0.15) is 0 Å². The minimum Gasteiger partial charge on any atom is -0.481 e. The normalized spacial score (nSPS) is 17.8. The molecule has 0 aromatic heterocycles. The van der Waals surface area contributed by atoms with Crippen molar-refractivity contribution in [3.05, 3.63) is 0 Å². The molecular formula is C14H26N2O4. The Balaban J connectivity index is 2.29. The van der Waals surface area contributed by atoms with Crippen LogP contribution in [0.15, 0.2) is 0 Å². The van der Waals surface area contributed by atoms with Crippen molar-refractivity contribution >= 4 is 12.0 Å². The third-order valence-electron chi connectivity index (χ3n) is 3.38. The van der Waals surface area contributed by atoms with Crippen molar-refractivity contribution in [3.63, 3.8) is 0 Å². The number of urea groups is 1. The van der Waals surface area contributed by atoms with Crippen LogP contribution in [0.2, 0.25) is 0 Å². The molecule has 0 saturated carbocycles. The number of carbonyl (C=O) groups excluding carboxylic acids is 1. The van der Waals surface area contributed by atoms with Crippen LogP contribution < -0.4 is 10.6 Å². The van der Waals surface area contributed by atoms with Gasteiger partial charge in [0.15, 0.2) is 0 Å². The van der Waals surface area contributed by atoms with Crippen LogP contribution in [0, 0.1) is 11.8 Å². The number of rotatable bonds is 7. The molecule has 1 fully saturated rings. The summed E-state index contributed by atoms with van der Waals surface area (Å²) in [6.07, 6.45) is 2.55. The number of aliphatic carboxylic acids is 1. The maximum absolute atomic E-state index is 11.8. The minimum atomic E-state index is -0.817. The van der Waals surface area contributed by atoms with Gasteiger partial charge in [-0.05, 0) is 31.1 Å². The van der Waals surface area contributed by atoms with E-state index in [9.17, 15) is 9.59 Å². The van der Waals surface area contributed by atoms with E-state index in [4.69, 9.17) is 9.84 Å². The zero-order valence-corrected chi connectivity index (χ0v) is 12.4. The first-order chi connectivity index (χ1) is 9.47. The minimum absolute atomic E-state index is 0.0204. The van der Waals surface area contributed by atoms with E-state index in [1.54, 1.807) is 0 Å². The first-order valence-electron chi connectivity index (χ1n) is 7.31. The van der Waals surface area contributed by atoms with E-state index < -0.39 is 5.97 Å². The lowest BCUT2D eigenvalue weighted by Crippen LogP contribution is -2.45. The fourth-order valence-electron chi connectivity index (χ4n) is 2.47. The van der Waals surface area contributed by atoms with Gasteiger partial charge in [-0.3, -0.25) is 4.79 Å². The van der Waals surface area contributed by atoms with Crippen LogP contribution in [0.1, 0.15) is 39.5 Å². The van der Waals surface area contributed by atoms with Gasteiger partial charge in [-0.25, -0.2) is 4.79 Å². The van der Waals surface area contributed by atoms with Gasteiger partial charge in [0.25, 0.3) is 0 Å². The van der Waals surface area contributed by atoms with Gasteiger partial charge in [0, 0.05) is 32.2 Å². The van der Waals surface area contributed by atoms with E-state index in [1.807, 2.05) is 0 Å². The van der Waals surface area contributed by atoms with Crippen molar-refractivity contribution in [1.82, 2.24) is 10.6 Å². The fourth-order valence-corrected chi connectivity index (χ4v) is 2.47. The smallest absolute Gasteiger partial charge is 0.315 e. The summed E-state index contributed by atoms with van der Waals surface area (Å²) in [7, 11) is 0. The maximum atomic E-state index is 11.8. The molecule has 2 amide bonds. The summed E-state index contributed by atoms with van der Waals surface area (Å²) in [6.45, 7) is 5.87. The molecule has 1 atom stereocenters. The molecule has 3 N–H and O–H groups in total. The molecule has 0 aromatic rings. The van der Waals surface area contributed by atoms with Crippen LogP contribution >= 0.6 is 0 Å². The molecule has 1 saturated heterocycles. The van der Waals surface area contributed by atoms with Crippen molar-refractivity contribution in [2.24, 2.45) is 11.8 Å². The quantitative estimate of drug-likeness (QED) is 0.663. The zero-order valence-electron chi connectivity index (χ0n) is 12.4. The monoisotopic (exact) mass is 286 g/mol. The van der Waals surface area contributed by atoms with Gasteiger partial charge < -0.3 is 20.5 Å². The lowest BCUT2D eigenvalue weighted by molar-refractivity contribution is -0.138. The molecule has 0 aliphatic carbocycles. The molecule has 0 unspecified atom stereocenters. The van der Waals surface area contributed by atoms with Crippen molar-refractivity contribution in [2.75, 3.05) is 19.8 Å². The average Bonchev–Trinajstić information content (AvgIpc) is 2.36. The molecule has 6 nitrogen and oxygen atoms in total. The Morgan fingerprint density at radius 1 is 1.30 bits per heavy atom. The lowest BCUT2D eigenvalue weighted by Gasteiger charge is -2.24. The molecule has 1 rings (SSSR count). The first-order valence-corrected chi connectivity index (χ1v) is 7.31. The third-order valence-corrected chi connectivity index (χ3v) is 3.38. The van der Waals surface area contributed by atoms with E-state index in [0.29, 0.717) is 25.7 Å². The highest BCUT2D eigenvalue weighted by molar-refractivity contribution is 5.74. The lowest BCUT2D eigenvalue weighted by atomic mass is 9.94.